The number of benzene rings is 1. The molecule has 1 aromatic carbocycles. The molecule has 0 saturated carbocycles. The van der Waals surface area contributed by atoms with E-state index in [-0.39, 0.29) is 5.75 Å². The molecule has 0 fully saturated rings. The fraction of sp³-hybridized carbons (Fsp3) is 0.250. The van der Waals surface area contributed by atoms with Gasteiger partial charge >= 0.3 is 6.61 Å². The molecule has 0 bridgehead atoms. The van der Waals surface area contributed by atoms with Crippen molar-refractivity contribution in [3.8, 4) is 5.75 Å². The maximum atomic E-state index is 12.0. The smallest absolute Gasteiger partial charge is 0.387 e. The van der Waals surface area contributed by atoms with Gasteiger partial charge in [0.2, 0.25) is 0 Å². The van der Waals surface area contributed by atoms with Gasteiger partial charge in [-0.2, -0.15) is 8.78 Å². The fourth-order valence-electron chi connectivity index (χ4n) is 0.891. The van der Waals surface area contributed by atoms with Gasteiger partial charge in [0.05, 0.1) is 8.95 Å². The molecule has 1 aromatic rings. The summed E-state index contributed by atoms with van der Waals surface area (Å²) in [5, 5.41) is 0. The number of rotatable bonds is 3. The van der Waals surface area contributed by atoms with E-state index in [1.54, 1.807) is 12.1 Å². The Morgan fingerprint density at radius 1 is 1.29 bits per heavy atom. The third-order valence-electron chi connectivity index (χ3n) is 1.42. The van der Waals surface area contributed by atoms with Gasteiger partial charge in [0, 0.05) is 5.88 Å². The van der Waals surface area contributed by atoms with E-state index >= 15 is 0 Å². The van der Waals surface area contributed by atoms with Gasteiger partial charge in [0.25, 0.3) is 0 Å². The lowest BCUT2D eigenvalue weighted by Gasteiger charge is -2.10. The average Bonchev–Trinajstić information content (AvgIpc) is 2.10. The molecule has 0 atom stereocenters. The molecule has 0 radical (unpaired) electrons. The zero-order valence-corrected chi connectivity index (χ0v) is 10.7. The minimum absolute atomic E-state index is 0.0777. The first-order chi connectivity index (χ1) is 6.54. The van der Waals surface area contributed by atoms with Crippen LogP contribution in [0.1, 0.15) is 5.56 Å². The summed E-state index contributed by atoms with van der Waals surface area (Å²) in [6.45, 7) is -2.84. The summed E-state index contributed by atoms with van der Waals surface area (Å²) in [4.78, 5) is 0. The van der Waals surface area contributed by atoms with Crippen LogP contribution in [0.2, 0.25) is 0 Å². The van der Waals surface area contributed by atoms with E-state index in [0.29, 0.717) is 14.8 Å². The molecular formula is C8H5Br2ClF2O. The summed E-state index contributed by atoms with van der Waals surface area (Å²) < 4.78 is 29.1. The summed E-state index contributed by atoms with van der Waals surface area (Å²) in [6.07, 6.45) is 0. The van der Waals surface area contributed by atoms with Crippen LogP contribution in [0, 0.1) is 0 Å². The van der Waals surface area contributed by atoms with E-state index in [1.165, 1.54) is 0 Å². The topological polar surface area (TPSA) is 9.23 Å². The maximum absolute atomic E-state index is 12.0. The Kier molecular flexibility index (Phi) is 4.60. The van der Waals surface area contributed by atoms with Crippen LogP contribution in [0.5, 0.6) is 5.75 Å². The number of hydrogen-bond acceptors (Lipinski definition) is 1. The molecule has 0 aliphatic carbocycles. The van der Waals surface area contributed by atoms with Crippen molar-refractivity contribution >= 4 is 43.5 Å². The average molecular weight is 350 g/mol. The summed E-state index contributed by atoms with van der Waals surface area (Å²) in [5.41, 5.74) is 0.812. The zero-order valence-electron chi connectivity index (χ0n) is 6.74. The van der Waals surface area contributed by atoms with Gasteiger partial charge in [-0.25, -0.2) is 0 Å². The zero-order chi connectivity index (χ0) is 10.7. The summed E-state index contributed by atoms with van der Waals surface area (Å²) >= 11 is 11.8. The number of alkyl halides is 3. The molecule has 1 rings (SSSR count). The highest BCUT2D eigenvalue weighted by atomic mass is 79.9. The molecule has 0 amide bonds. The van der Waals surface area contributed by atoms with E-state index in [2.05, 4.69) is 36.6 Å². The number of ether oxygens (including phenoxy) is 1. The Bertz CT molecular complexity index is 310. The second-order valence-corrected chi connectivity index (χ2v) is 4.38. The van der Waals surface area contributed by atoms with Crippen LogP contribution in [-0.2, 0) is 5.88 Å². The SMILES string of the molecule is FC(F)Oc1c(Br)cc(CCl)cc1Br. The van der Waals surface area contributed by atoms with E-state index in [4.69, 9.17) is 11.6 Å². The predicted molar refractivity (Wildman–Crippen MR) is 58.0 cm³/mol. The lowest BCUT2D eigenvalue weighted by molar-refractivity contribution is -0.0508. The molecule has 78 valence electrons. The first-order valence-electron chi connectivity index (χ1n) is 3.53. The van der Waals surface area contributed by atoms with Gasteiger partial charge in [0.15, 0.2) is 5.75 Å². The normalized spacial score (nSPS) is 10.7. The molecule has 14 heavy (non-hydrogen) atoms. The number of hydrogen-bond donors (Lipinski definition) is 0. The lowest BCUT2D eigenvalue weighted by Crippen LogP contribution is -2.03. The standard InChI is InChI=1S/C8H5Br2ClF2O/c9-5-1-4(3-11)2-6(10)7(5)14-8(12)13/h1-2,8H,3H2. The van der Waals surface area contributed by atoms with Gasteiger partial charge in [0.1, 0.15) is 0 Å². The van der Waals surface area contributed by atoms with Crippen molar-refractivity contribution in [1.29, 1.82) is 0 Å². The third-order valence-corrected chi connectivity index (χ3v) is 2.91. The third kappa shape index (κ3) is 3.07. The second-order valence-electron chi connectivity index (χ2n) is 2.40. The minimum atomic E-state index is -2.84. The Balaban J connectivity index is 3.05. The van der Waals surface area contributed by atoms with Crippen molar-refractivity contribution in [1.82, 2.24) is 0 Å². The van der Waals surface area contributed by atoms with Crippen molar-refractivity contribution in [2.45, 2.75) is 12.5 Å². The van der Waals surface area contributed by atoms with Gasteiger partial charge in [-0.1, -0.05) is 0 Å². The fourth-order valence-corrected chi connectivity index (χ4v) is 2.51. The van der Waals surface area contributed by atoms with Crippen molar-refractivity contribution < 1.29 is 13.5 Å². The molecule has 0 aliphatic rings. The number of halogens is 5. The molecule has 0 saturated heterocycles. The van der Waals surface area contributed by atoms with E-state index in [0.717, 1.165) is 5.56 Å². The van der Waals surface area contributed by atoms with Crippen LogP contribution >= 0.6 is 43.5 Å². The second kappa shape index (κ2) is 5.28. The van der Waals surface area contributed by atoms with Crippen molar-refractivity contribution in [3.63, 3.8) is 0 Å². The molecule has 0 heterocycles. The van der Waals surface area contributed by atoms with Gasteiger partial charge < -0.3 is 4.74 Å². The lowest BCUT2D eigenvalue weighted by atomic mass is 10.2. The summed E-state index contributed by atoms with van der Waals surface area (Å²) in [5.74, 6) is 0.389. The molecule has 0 spiro atoms. The molecule has 6 heteroatoms. The van der Waals surface area contributed by atoms with E-state index in [9.17, 15) is 8.78 Å². The highest BCUT2D eigenvalue weighted by Crippen LogP contribution is 2.36. The molecule has 0 aliphatic heterocycles. The highest BCUT2D eigenvalue weighted by molar-refractivity contribution is 9.11. The van der Waals surface area contributed by atoms with Crippen LogP contribution in [0.4, 0.5) is 8.78 Å². The first-order valence-corrected chi connectivity index (χ1v) is 5.65. The molecule has 0 N–H and O–H groups in total. The van der Waals surface area contributed by atoms with Gasteiger partial charge in [-0.3, -0.25) is 0 Å². The molecule has 0 aromatic heterocycles. The quantitative estimate of drug-likeness (QED) is 0.727. The Morgan fingerprint density at radius 3 is 2.14 bits per heavy atom. The van der Waals surface area contributed by atoms with E-state index in [1.807, 2.05) is 0 Å². The minimum Gasteiger partial charge on any atom is -0.432 e. The Morgan fingerprint density at radius 2 is 1.79 bits per heavy atom. The summed E-state index contributed by atoms with van der Waals surface area (Å²) in [6, 6.07) is 3.27. The van der Waals surface area contributed by atoms with E-state index < -0.39 is 6.61 Å². The van der Waals surface area contributed by atoms with Crippen LogP contribution in [-0.4, -0.2) is 6.61 Å². The molecule has 1 nitrogen and oxygen atoms in total. The van der Waals surface area contributed by atoms with Gasteiger partial charge in [-0.15, -0.1) is 11.6 Å². The van der Waals surface area contributed by atoms with Gasteiger partial charge in [-0.05, 0) is 49.6 Å². The Hall–Kier alpha value is 0.130. The van der Waals surface area contributed by atoms with Crippen LogP contribution in [0.25, 0.3) is 0 Å². The summed E-state index contributed by atoms with van der Waals surface area (Å²) in [7, 11) is 0. The largest absolute Gasteiger partial charge is 0.432 e. The highest BCUT2D eigenvalue weighted by Gasteiger charge is 2.13. The molecular weight excluding hydrogens is 345 g/mol. The van der Waals surface area contributed by atoms with Crippen LogP contribution in [0.15, 0.2) is 21.1 Å². The molecule has 0 unspecified atom stereocenters. The Labute approximate surface area is 102 Å². The monoisotopic (exact) mass is 348 g/mol. The van der Waals surface area contributed by atoms with Crippen molar-refractivity contribution in [2.24, 2.45) is 0 Å². The maximum Gasteiger partial charge on any atom is 0.387 e. The van der Waals surface area contributed by atoms with Crippen LogP contribution < -0.4 is 4.74 Å². The van der Waals surface area contributed by atoms with Crippen molar-refractivity contribution in [3.05, 3.63) is 26.6 Å². The van der Waals surface area contributed by atoms with Crippen molar-refractivity contribution in [2.75, 3.05) is 0 Å². The van der Waals surface area contributed by atoms with Crippen LogP contribution in [0.3, 0.4) is 0 Å². The predicted octanol–water partition coefficient (Wildman–Crippen LogP) is 4.55. The first kappa shape index (κ1) is 12.2.